The molecule has 104 valence electrons. The van der Waals surface area contributed by atoms with Gasteiger partial charge in [-0.3, -0.25) is 4.79 Å². The summed E-state index contributed by atoms with van der Waals surface area (Å²) < 4.78 is 1.11. The second-order valence-electron chi connectivity index (χ2n) is 5.36. The van der Waals surface area contributed by atoms with Gasteiger partial charge >= 0.3 is 5.97 Å². The molecule has 0 saturated heterocycles. The number of aryl methyl sites for hydroxylation is 1. The fourth-order valence-corrected chi connectivity index (χ4v) is 3.43. The lowest BCUT2D eigenvalue weighted by atomic mass is 9.96. The monoisotopic (exact) mass is 325 g/mol. The smallest absolute Gasteiger partial charge is 0.306 e. The molecule has 2 unspecified atom stereocenters. The number of aliphatic carboxylic acids is 1. The van der Waals surface area contributed by atoms with Gasteiger partial charge in [0, 0.05) is 11.0 Å². The predicted molar refractivity (Wildman–Crippen MR) is 79.1 cm³/mol. The first-order chi connectivity index (χ1) is 9.08. The lowest BCUT2D eigenvalue weighted by Crippen LogP contribution is -2.28. The third kappa shape index (κ3) is 3.80. The van der Waals surface area contributed by atoms with Crippen LogP contribution >= 0.6 is 15.9 Å². The van der Waals surface area contributed by atoms with Gasteiger partial charge in [0.25, 0.3) is 0 Å². The van der Waals surface area contributed by atoms with Crippen LogP contribution in [0.5, 0.6) is 0 Å². The SMILES string of the molecule is Cc1ccc(CNCC2CCCC2C(=O)O)c(Br)c1. The van der Waals surface area contributed by atoms with Crippen LogP contribution in [0.4, 0.5) is 0 Å². The second kappa shape index (κ2) is 6.53. The first kappa shape index (κ1) is 14.5. The quantitative estimate of drug-likeness (QED) is 0.872. The molecule has 0 amide bonds. The Kier molecular flexibility index (Phi) is 4.99. The maximum Gasteiger partial charge on any atom is 0.306 e. The number of halogens is 1. The molecule has 2 atom stereocenters. The molecule has 0 radical (unpaired) electrons. The summed E-state index contributed by atoms with van der Waals surface area (Å²) in [4.78, 5) is 11.1. The van der Waals surface area contributed by atoms with Crippen molar-refractivity contribution in [3.05, 3.63) is 33.8 Å². The molecule has 3 nitrogen and oxygen atoms in total. The highest BCUT2D eigenvalue weighted by Gasteiger charge is 2.32. The van der Waals surface area contributed by atoms with Crippen LogP contribution < -0.4 is 5.32 Å². The molecule has 0 heterocycles. The maximum absolute atomic E-state index is 11.1. The van der Waals surface area contributed by atoms with Crippen molar-refractivity contribution in [2.45, 2.75) is 32.7 Å². The van der Waals surface area contributed by atoms with Crippen LogP contribution in [0.3, 0.4) is 0 Å². The Morgan fingerprint density at radius 3 is 2.95 bits per heavy atom. The van der Waals surface area contributed by atoms with Gasteiger partial charge in [-0.1, -0.05) is 34.5 Å². The van der Waals surface area contributed by atoms with Crippen LogP contribution in [0.2, 0.25) is 0 Å². The lowest BCUT2D eigenvalue weighted by molar-refractivity contribution is -0.142. The maximum atomic E-state index is 11.1. The van der Waals surface area contributed by atoms with E-state index in [0.717, 1.165) is 36.8 Å². The van der Waals surface area contributed by atoms with E-state index in [-0.39, 0.29) is 11.8 Å². The average Bonchev–Trinajstić information content (AvgIpc) is 2.80. The van der Waals surface area contributed by atoms with Gasteiger partial charge in [0.15, 0.2) is 0 Å². The van der Waals surface area contributed by atoms with E-state index < -0.39 is 5.97 Å². The third-order valence-corrected chi connectivity index (χ3v) is 4.65. The third-order valence-electron chi connectivity index (χ3n) is 3.91. The largest absolute Gasteiger partial charge is 0.481 e. The summed E-state index contributed by atoms with van der Waals surface area (Å²) in [5.74, 6) is -0.517. The van der Waals surface area contributed by atoms with Crippen molar-refractivity contribution in [2.75, 3.05) is 6.54 Å². The summed E-state index contributed by atoms with van der Waals surface area (Å²) >= 11 is 3.56. The Morgan fingerprint density at radius 2 is 2.26 bits per heavy atom. The Balaban J connectivity index is 1.84. The van der Waals surface area contributed by atoms with Crippen LogP contribution in [-0.4, -0.2) is 17.6 Å². The van der Waals surface area contributed by atoms with Crippen LogP contribution in [-0.2, 0) is 11.3 Å². The number of carboxylic acids is 1. The van der Waals surface area contributed by atoms with E-state index in [2.05, 4.69) is 46.4 Å². The molecule has 0 spiro atoms. The van der Waals surface area contributed by atoms with Gasteiger partial charge in [0.05, 0.1) is 5.92 Å². The molecule has 1 saturated carbocycles. The summed E-state index contributed by atoms with van der Waals surface area (Å²) in [7, 11) is 0. The minimum Gasteiger partial charge on any atom is -0.481 e. The zero-order valence-electron chi connectivity index (χ0n) is 11.2. The normalized spacial score (nSPS) is 22.6. The molecule has 1 aliphatic carbocycles. The van der Waals surface area contributed by atoms with Crippen molar-refractivity contribution >= 4 is 21.9 Å². The van der Waals surface area contributed by atoms with Gasteiger partial charge in [-0.25, -0.2) is 0 Å². The van der Waals surface area contributed by atoms with Crippen molar-refractivity contribution < 1.29 is 9.90 Å². The van der Waals surface area contributed by atoms with Crippen LogP contribution in [0, 0.1) is 18.8 Å². The molecule has 1 aromatic carbocycles. The highest BCUT2D eigenvalue weighted by atomic mass is 79.9. The van der Waals surface area contributed by atoms with Crippen molar-refractivity contribution in [1.82, 2.24) is 5.32 Å². The highest BCUT2D eigenvalue weighted by molar-refractivity contribution is 9.10. The second-order valence-corrected chi connectivity index (χ2v) is 6.22. The van der Waals surface area contributed by atoms with E-state index in [9.17, 15) is 4.79 Å². The molecule has 0 bridgehead atoms. The number of rotatable bonds is 5. The summed E-state index contributed by atoms with van der Waals surface area (Å²) in [6.45, 7) is 3.64. The lowest BCUT2D eigenvalue weighted by Gasteiger charge is -2.16. The molecular weight excluding hydrogens is 306 g/mol. The van der Waals surface area contributed by atoms with Gasteiger partial charge in [-0.15, -0.1) is 0 Å². The van der Waals surface area contributed by atoms with E-state index in [1.807, 2.05) is 0 Å². The van der Waals surface area contributed by atoms with E-state index in [0.29, 0.717) is 0 Å². The molecule has 2 rings (SSSR count). The molecule has 0 aliphatic heterocycles. The molecule has 0 aromatic heterocycles. The molecule has 1 aliphatic rings. The van der Waals surface area contributed by atoms with Crippen LogP contribution in [0.15, 0.2) is 22.7 Å². The van der Waals surface area contributed by atoms with E-state index in [4.69, 9.17) is 5.11 Å². The molecular formula is C15H20BrNO2. The van der Waals surface area contributed by atoms with Crippen molar-refractivity contribution in [2.24, 2.45) is 11.8 Å². The zero-order chi connectivity index (χ0) is 13.8. The summed E-state index contributed by atoms with van der Waals surface area (Å²) in [5.41, 5.74) is 2.45. The Morgan fingerprint density at radius 1 is 1.47 bits per heavy atom. The van der Waals surface area contributed by atoms with Gasteiger partial charge < -0.3 is 10.4 Å². The van der Waals surface area contributed by atoms with Gasteiger partial charge in [-0.05, 0) is 49.4 Å². The number of hydrogen-bond acceptors (Lipinski definition) is 2. The highest BCUT2D eigenvalue weighted by Crippen LogP contribution is 2.31. The molecule has 2 N–H and O–H groups in total. The van der Waals surface area contributed by atoms with Gasteiger partial charge in [0.2, 0.25) is 0 Å². The molecule has 4 heteroatoms. The minimum atomic E-state index is -0.638. The topological polar surface area (TPSA) is 49.3 Å². The van der Waals surface area contributed by atoms with Gasteiger partial charge in [0.1, 0.15) is 0 Å². The van der Waals surface area contributed by atoms with Crippen molar-refractivity contribution in [1.29, 1.82) is 0 Å². The summed E-state index contributed by atoms with van der Waals surface area (Å²) in [6, 6.07) is 6.31. The number of carbonyl (C=O) groups is 1. The first-order valence-corrected chi connectivity index (χ1v) is 7.56. The van der Waals surface area contributed by atoms with Crippen LogP contribution in [0.1, 0.15) is 30.4 Å². The van der Waals surface area contributed by atoms with Gasteiger partial charge in [-0.2, -0.15) is 0 Å². The minimum absolute atomic E-state index is 0.158. The Labute approximate surface area is 122 Å². The van der Waals surface area contributed by atoms with Crippen LogP contribution in [0.25, 0.3) is 0 Å². The standard InChI is InChI=1S/C15H20BrNO2/c1-10-5-6-12(14(16)7-10)9-17-8-11-3-2-4-13(11)15(18)19/h5-7,11,13,17H,2-4,8-9H2,1H3,(H,18,19). The number of benzene rings is 1. The molecule has 19 heavy (non-hydrogen) atoms. The molecule has 1 fully saturated rings. The van der Waals surface area contributed by atoms with Crippen molar-refractivity contribution in [3.63, 3.8) is 0 Å². The summed E-state index contributed by atoms with van der Waals surface area (Å²) in [5, 5.41) is 12.5. The Bertz CT molecular complexity index is 461. The first-order valence-electron chi connectivity index (χ1n) is 6.76. The van der Waals surface area contributed by atoms with E-state index >= 15 is 0 Å². The molecule has 1 aromatic rings. The number of nitrogens with one attached hydrogen (secondary N) is 1. The number of carboxylic acid groups (broad SMARTS) is 1. The van der Waals surface area contributed by atoms with Crippen molar-refractivity contribution in [3.8, 4) is 0 Å². The van der Waals surface area contributed by atoms with E-state index in [1.165, 1.54) is 11.1 Å². The summed E-state index contributed by atoms with van der Waals surface area (Å²) in [6.07, 6.45) is 2.90. The average molecular weight is 326 g/mol. The fraction of sp³-hybridized carbons (Fsp3) is 0.533. The Hall–Kier alpha value is -0.870. The fourth-order valence-electron chi connectivity index (χ4n) is 2.79. The van der Waals surface area contributed by atoms with E-state index in [1.54, 1.807) is 0 Å². The zero-order valence-corrected chi connectivity index (χ0v) is 12.7. The predicted octanol–water partition coefficient (Wildman–Crippen LogP) is 3.35. The number of hydrogen-bond donors (Lipinski definition) is 2.